The molecule has 18 heavy (non-hydrogen) atoms. The van der Waals surface area contributed by atoms with Gasteiger partial charge in [0.15, 0.2) is 0 Å². The molecule has 0 saturated carbocycles. The highest BCUT2D eigenvalue weighted by Crippen LogP contribution is 2.09. The SMILES string of the molecule is CCN1CCN(CC(C)Nc2ccccc2)CC1. The zero-order valence-corrected chi connectivity index (χ0v) is 11.6. The summed E-state index contributed by atoms with van der Waals surface area (Å²) < 4.78 is 0. The van der Waals surface area contributed by atoms with E-state index >= 15 is 0 Å². The Kier molecular flexibility index (Phi) is 5.02. The van der Waals surface area contributed by atoms with Gasteiger partial charge in [0.25, 0.3) is 0 Å². The van der Waals surface area contributed by atoms with E-state index in [9.17, 15) is 0 Å². The van der Waals surface area contributed by atoms with Gasteiger partial charge in [-0.3, -0.25) is 4.90 Å². The van der Waals surface area contributed by atoms with Crippen molar-refractivity contribution >= 4 is 5.69 Å². The summed E-state index contributed by atoms with van der Waals surface area (Å²) in [5.41, 5.74) is 1.22. The number of benzene rings is 1. The van der Waals surface area contributed by atoms with Gasteiger partial charge in [-0.1, -0.05) is 25.1 Å². The Morgan fingerprint density at radius 2 is 1.67 bits per heavy atom. The summed E-state index contributed by atoms with van der Waals surface area (Å²) in [5.74, 6) is 0. The summed E-state index contributed by atoms with van der Waals surface area (Å²) in [7, 11) is 0. The minimum Gasteiger partial charge on any atom is -0.381 e. The lowest BCUT2D eigenvalue weighted by Crippen LogP contribution is -2.48. The maximum absolute atomic E-state index is 3.56. The van der Waals surface area contributed by atoms with Crippen LogP contribution in [0.4, 0.5) is 5.69 Å². The number of hydrogen-bond donors (Lipinski definition) is 1. The molecule has 0 radical (unpaired) electrons. The first kappa shape index (κ1) is 13.4. The van der Waals surface area contributed by atoms with E-state index in [2.05, 4.69) is 59.3 Å². The van der Waals surface area contributed by atoms with E-state index in [0.717, 1.165) is 6.54 Å². The molecule has 1 saturated heterocycles. The highest BCUT2D eigenvalue weighted by molar-refractivity contribution is 5.43. The molecule has 0 aliphatic carbocycles. The molecule has 1 aromatic carbocycles. The summed E-state index contributed by atoms with van der Waals surface area (Å²) >= 11 is 0. The molecule has 0 bridgehead atoms. The average Bonchev–Trinajstić information content (AvgIpc) is 2.40. The zero-order valence-electron chi connectivity index (χ0n) is 11.6. The van der Waals surface area contributed by atoms with Crippen LogP contribution in [-0.2, 0) is 0 Å². The van der Waals surface area contributed by atoms with Crippen LogP contribution in [-0.4, -0.2) is 55.1 Å². The van der Waals surface area contributed by atoms with Crippen LogP contribution in [0.15, 0.2) is 30.3 Å². The van der Waals surface area contributed by atoms with Gasteiger partial charge in [-0.25, -0.2) is 0 Å². The van der Waals surface area contributed by atoms with E-state index < -0.39 is 0 Å². The van der Waals surface area contributed by atoms with Crippen LogP contribution in [0.25, 0.3) is 0 Å². The molecule has 2 rings (SSSR count). The van der Waals surface area contributed by atoms with Crippen molar-refractivity contribution in [3.05, 3.63) is 30.3 Å². The van der Waals surface area contributed by atoms with Gasteiger partial charge in [0.1, 0.15) is 0 Å². The second-order valence-electron chi connectivity index (χ2n) is 5.15. The van der Waals surface area contributed by atoms with Crippen LogP contribution in [0.3, 0.4) is 0 Å². The van der Waals surface area contributed by atoms with E-state index in [-0.39, 0.29) is 0 Å². The van der Waals surface area contributed by atoms with Gasteiger partial charge in [0, 0.05) is 44.5 Å². The van der Waals surface area contributed by atoms with Crippen LogP contribution in [0, 0.1) is 0 Å². The number of nitrogens with one attached hydrogen (secondary N) is 1. The van der Waals surface area contributed by atoms with Crippen LogP contribution >= 0.6 is 0 Å². The topological polar surface area (TPSA) is 18.5 Å². The minimum atomic E-state index is 0.501. The summed E-state index contributed by atoms with van der Waals surface area (Å²) in [5, 5.41) is 3.56. The van der Waals surface area contributed by atoms with Gasteiger partial charge in [0.05, 0.1) is 0 Å². The lowest BCUT2D eigenvalue weighted by molar-refractivity contribution is 0.135. The molecular formula is C15H25N3. The predicted molar refractivity (Wildman–Crippen MR) is 78.1 cm³/mol. The van der Waals surface area contributed by atoms with Crippen LogP contribution < -0.4 is 5.32 Å². The van der Waals surface area contributed by atoms with Crippen LogP contribution in [0.5, 0.6) is 0 Å². The number of piperazine rings is 1. The first-order valence-corrected chi connectivity index (χ1v) is 7.04. The number of anilines is 1. The highest BCUT2D eigenvalue weighted by atomic mass is 15.3. The Hall–Kier alpha value is -1.06. The van der Waals surface area contributed by atoms with Gasteiger partial charge in [-0.05, 0) is 25.6 Å². The largest absolute Gasteiger partial charge is 0.381 e. The normalized spacial score (nSPS) is 19.7. The molecule has 100 valence electrons. The number of para-hydroxylation sites is 1. The van der Waals surface area contributed by atoms with Gasteiger partial charge in [0.2, 0.25) is 0 Å². The molecule has 1 aliphatic heterocycles. The summed E-state index contributed by atoms with van der Waals surface area (Å²) in [4.78, 5) is 5.08. The molecule has 0 spiro atoms. The molecule has 3 nitrogen and oxygen atoms in total. The fourth-order valence-corrected chi connectivity index (χ4v) is 2.54. The molecule has 1 fully saturated rings. The van der Waals surface area contributed by atoms with E-state index in [0.29, 0.717) is 6.04 Å². The molecule has 1 atom stereocenters. The number of nitrogens with zero attached hydrogens (tertiary/aromatic N) is 2. The zero-order chi connectivity index (χ0) is 12.8. The van der Waals surface area contributed by atoms with Crippen molar-refractivity contribution in [2.45, 2.75) is 19.9 Å². The molecule has 3 heteroatoms. The number of rotatable bonds is 5. The Bertz CT molecular complexity index is 331. The van der Waals surface area contributed by atoms with E-state index in [4.69, 9.17) is 0 Å². The second kappa shape index (κ2) is 6.76. The summed E-state index contributed by atoms with van der Waals surface area (Å²) in [6.45, 7) is 11.7. The molecule has 1 unspecified atom stereocenters. The summed E-state index contributed by atoms with van der Waals surface area (Å²) in [6.07, 6.45) is 0. The quantitative estimate of drug-likeness (QED) is 0.860. The van der Waals surface area contributed by atoms with Crippen LogP contribution in [0.1, 0.15) is 13.8 Å². The standard InChI is InChI=1S/C15H25N3/c1-3-17-9-11-18(12-10-17)13-14(2)16-15-7-5-4-6-8-15/h4-8,14,16H,3,9-13H2,1-2H3. The average molecular weight is 247 g/mol. The minimum absolute atomic E-state index is 0.501. The van der Waals surface area contributed by atoms with Gasteiger partial charge < -0.3 is 10.2 Å². The summed E-state index contributed by atoms with van der Waals surface area (Å²) in [6, 6.07) is 11.0. The van der Waals surface area contributed by atoms with Crippen molar-refractivity contribution in [1.29, 1.82) is 0 Å². The van der Waals surface area contributed by atoms with Crippen molar-refractivity contribution in [2.24, 2.45) is 0 Å². The Balaban J connectivity index is 1.73. The lowest BCUT2D eigenvalue weighted by Gasteiger charge is -2.35. The van der Waals surface area contributed by atoms with Gasteiger partial charge in [-0.2, -0.15) is 0 Å². The maximum atomic E-state index is 3.56. The smallest absolute Gasteiger partial charge is 0.0360 e. The molecule has 1 heterocycles. The third-order valence-electron chi connectivity index (χ3n) is 3.63. The molecular weight excluding hydrogens is 222 g/mol. The molecule has 0 aromatic heterocycles. The number of likely N-dealkylation sites (N-methyl/N-ethyl adjacent to an activating group) is 1. The lowest BCUT2D eigenvalue weighted by atomic mass is 10.2. The monoisotopic (exact) mass is 247 g/mol. The third-order valence-corrected chi connectivity index (χ3v) is 3.63. The highest BCUT2D eigenvalue weighted by Gasteiger charge is 2.16. The molecule has 1 aromatic rings. The van der Waals surface area contributed by atoms with E-state index in [1.165, 1.54) is 38.4 Å². The van der Waals surface area contributed by atoms with Crippen LogP contribution in [0.2, 0.25) is 0 Å². The Morgan fingerprint density at radius 3 is 2.28 bits per heavy atom. The molecule has 1 aliphatic rings. The second-order valence-corrected chi connectivity index (χ2v) is 5.15. The van der Waals surface area contributed by atoms with E-state index in [1.54, 1.807) is 0 Å². The van der Waals surface area contributed by atoms with Crippen molar-refractivity contribution in [1.82, 2.24) is 9.80 Å². The Morgan fingerprint density at radius 1 is 1.06 bits per heavy atom. The first-order chi connectivity index (χ1) is 8.78. The number of hydrogen-bond acceptors (Lipinski definition) is 3. The third kappa shape index (κ3) is 4.00. The van der Waals surface area contributed by atoms with E-state index in [1.807, 2.05) is 0 Å². The predicted octanol–water partition coefficient (Wildman–Crippen LogP) is 2.12. The van der Waals surface area contributed by atoms with Gasteiger partial charge >= 0.3 is 0 Å². The van der Waals surface area contributed by atoms with Crippen molar-refractivity contribution in [3.63, 3.8) is 0 Å². The van der Waals surface area contributed by atoms with Gasteiger partial charge in [-0.15, -0.1) is 0 Å². The first-order valence-electron chi connectivity index (χ1n) is 7.04. The molecule has 1 N–H and O–H groups in total. The fourth-order valence-electron chi connectivity index (χ4n) is 2.54. The van der Waals surface area contributed by atoms with Crippen molar-refractivity contribution < 1.29 is 0 Å². The van der Waals surface area contributed by atoms with Crippen molar-refractivity contribution in [3.8, 4) is 0 Å². The van der Waals surface area contributed by atoms with Crippen molar-refractivity contribution in [2.75, 3.05) is 44.6 Å². The Labute approximate surface area is 111 Å². The maximum Gasteiger partial charge on any atom is 0.0360 e. The fraction of sp³-hybridized carbons (Fsp3) is 0.600. The molecule has 0 amide bonds.